The first-order valence-corrected chi connectivity index (χ1v) is 10.7. The maximum atomic E-state index is 2.33. The van der Waals surface area contributed by atoms with E-state index in [0.29, 0.717) is 0 Å². The molecule has 0 radical (unpaired) electrons. The predicted octanol–water partition coefficient (Wildman–Crippen LogP) is 8.56. The van der Waals surface area contributed by atoms with Gasteiger partial charge in [0.25, 0.3) is 0 Å². The maximum Gasteiger partial charge on any atom is -0.00266 e. The van der Waals surface area contributed by atoms with Crippen molar-refractivity contribution in [3.05, 3.63) is 120 Å². The highest BCUT2D eigenvalue weighted by Gasteiger charge is 2.10. The fourth-order valence-corrected chi connectivity index (χ4v) is 4.35. The molecule has 138 valence electrons. The van der Waals surface area contributed by atoms with Crippen molar-refractivity contribution < 1.29 is 0 Å². The van der Waals surface area contributed by atoms with E-state index in [1.54, 1.807) is 11.3 Å². The van der Waals surface area contributed by atoms with Crippen LogP contribution in [0.1, 0.15) is 0 Å². The molecule has 0 saturated heterocycles. The highest BCUT2D eigenvalue weighted by Crippen LogP contribution is 2.37. The lowest BCUT2D eigenvalue weighted by Gasteiger charge is -2.13. The number of hydrogen-bond donors (Lipinski definition) is 0. The Bertz CT molecular complexity index is 1360. The average molecular weight is 389 g/mol. The molecule has 0 saturated carbocycles. The molecule has 6 aromatic rings. The molecular formula is C28H20S. The molecule has 1 heteroatoms. The van der Waals surface area contributed by atoms with E-state index in [4.69, 9.17) is 0 Å². The summed E-state index contributed by atoms with van der Waals surface area (Å²) in [4.78, 5) is 0. The first kappa shape index (κ1) is 17.7. The van der Waals surface area contributed by atoms with Crippen LogP contribution in [0.15, 0.2) is 120 Å². The molecule has 0 aliphatic rings. The summed E-state index contributed by atoms with van der Waals surface area (Å²) in [7, 11) is 0. The third kappa shape index (κ3) is 3.53. The lowest BCUT2D eigenvalue weighted by molar-refractivity contribution is 1.68. The summed E-state index contributed by atoms with van der Waals surface area (Å²) >= 11 is 1.71. The van der Waals surface area contributed by atoms with Gasteiger partial charge in [-0.25, -0.2) is 0 Å². The topological polar surface area (TPSA) is 0 Å². The third-order valence-electron chi connectivity index (χ3n) is 5.22. The van der Waals surface area contributed by atoms with Crippen LogP contribution >= 0.6 is 11.3 Å². The van der Waals surface area contributed by atoms with Crippen LogP contribution in [-0.2, 0) is 0 Å². The van der Waals surface area contributed by atoms with Crippen molar-refractivity contribution in [2.75, 3.05) is 0 Å². The van der Waals surface area contributed by atoms with Crippen LogP contribution in [0.25, 0.3) is 43.4 Å². The summed E-state index contributed by atoms with van der Waals surface area (Å²) < 4.78 is 0. The summed E-state index contributed by atoms with van der Waals surface area (Å²) in [6.45, 7) is 0. The van der Waals surface area contributed by atoms with Gasteiger partial charge in [-0.1, -0.05) is 91.0 Å². The third-order valence-corrected chi connectivity index (χ3v) is 5.84. The van der Waals surface area contributed by atoms with Crippen LogP contribution < -0.4 is 0 Å². The van der Waals surface area contributed by atoms with Crippen LogP contribution in [-0.4, -0.2) is 0 Å². The van der Waals surface area contributed by atoms with Crippen LogP contribution in [0.3, 0.4) is 0 Å². The number of hydrogen-bond acceptors (Lipinski definition) is 1. The Hall–Kier alpha value is -3.42. The Balaban J connectivity index is 0.000000319. The molecule has 0 unspecified atom stereocenters. The molecule has 0 amide bonds. The molecule has 0 spiro atoms. The first-order chi connectivity index (χ1) is 14.4. The van der Waals surface area contributed by atoms with Crippen LogP contribution in [0.5, 0.6) is 0 Å². The van der Waals surface area contributed by atoms with Gasteiger partial charge in [0.05, 0.1) is 0 Å². The minimum absolute atomic E-state index is 1.27. The molecular weight excluding hydrogens is 368 g/mol. The van der Waals surface area contributed by atoms with E-state index in [2.05, 4.69) is 97.1 Å². The fourth-order valence-electron chi connectivity index (χ4n) is 3.90. The Morgan fingerprint density at radius 3 is 1.69 bits per heavy atom. The molecule has 0 aliphatic carbocycles. The van der Waals surface area contributed by atoms with Crippen LogP contribution in [0.4, 0.5) is 0 Å². The van der Waals surface area contributed by atoms with E-state index in [0.717, 1.165) is 0 Å². The zero-order valence-electron chi connectivity index (χ0n) is 16.0. The monoisotopic (exact) mass is 388 g/mol. The fraction of sp³-hybridized carbons (Fsp3) is 0. The van der Waals surface area contributed by atoms with E-state index in [9.17, 15) is 0 Å². The summed E-state index contributed by atoms with van der Waals surface area (Å²) in [6, 6.07) is 39.0. The van der Waals surface area contributed by atoms with Gasteiger partial charge in [0, 0.05) is 0 Å². The quantitative estimate of drug-likeness (QED) is 0.247. The number of thiophene rings is 1. The standard InChI is InChI=1S/C24H16.C4H4S/c1-2-8-17(9-3-1)24-22-13-7-6-12-20(22)15-21-14-18-10-4-5-11-19(18)16-23(21)24;1-2-4-5-3-1/h1-16H;1-4H. The molecule has 0 bridgehead atoms. The largest absolute Gasteiger partial charge is 0.152 e. The summed E-state index contributed by atoms with van der Waals surface area (Å²) in [5.41, 5.74) is 2.60. The van der Waals surface area contributed by atoms with Crippen LogP contribution in [0.2, 0.25) is 0 Å². The van der Waals surface area contributed by atoms with Gasteiger partial charge in [0.2, 0.25) is 0 Å². The molecule has 6 rings (SSSR count). The summed E-state index contributed by atoms with van der Waals surface area (Å²) in [5, 5.41) is 11.9. The second-order valence-corrected chi connectivity index (χ2v) is 7.87. The Morgan fingerprint density at radius 2 is 1.00 bits per heavy atom. The van der Waals surface area contributed by atoms with E-state index < -0.39 is 0 Å². The molecule has 0 aliphatic heterocycles. The van der Waals surface area contributed by atoms with Gasteiger partial charge in [-0.2, -0.15) is 11.3 Å². The van der Waals surface area contributed by atoms with Gasteiger partial charge in [-0.05, 0) is 72.4 Å². The first-order valence-electron chi connectivity index (χ1n) is 9.77. The number of rotatable bonds is 1. The Labute approximate surface area is 174 Å². The Morgan fingerprint density at radius 1 is 0.414 bits per heavy atom. The number of fused-ring (bicyclic) bond motifs is 3. The van der Waals surface area contributed by atoms with Gasteiger partial charge < -0.3 is 0 Å². The Kier molecular flexibility index (Phi) is 4.81. The van der Waals surface area contributed by atoms with E-state index >= 15 is 0 Å². The van der Waals surface area contributed by atoms with Crippen molar-refractivity contribution >= 4 is 43.7 Å². The van der Waals surface area contributed by atoms with Gasteiger partial charge in [-0.15, -0.1) is 0 Å². The molecule has 0 nitrogen and oxygen atoms in total. The molecule has 0 fully saturated rings. The smallest absolute Gasteiger partial charge is 0.00266 e. The molecule has 0 atom stereocenters. The molecule has 0 N–H and O–H groups in total. The van der Waals surface area contributed by atoms with Gasteiger partial charge in [-0.3, -0.25) is 0 Å². The molecule has 29 heavy (non-hydrogen) atoms. The zero-order valence-corrected chi connectivity index (χ0v) is 16.8. The second-order valence-electron chi connectivity index (χ2n) is 7.05. The highest BCUT2D eigenvalue weighted by atomic mass is 32.1. The van der Waals surface area contributed by atoms with Crippen molar-refractivity contribution in [3.63, 3.8) is 0 Å². The van der Waals surface area contributed by atoms with E-state index in [1.807, 2.05) is 22.9 Å². The van der Waals surface area contributed by atoms with Crippen molar-refractivity contribution in [2.24, 2.45) is 0 Å². The van der Waals surface area contributed by atoms with Crippen molar-refractivity contribution in [1.82, 2.24) is 0 Å². The average Bonchev–Trinajstić information content (AvgIpc) is 3.37. The highest BCUT2D eigenvalue weighted by molar-refractivity contribution is 7.07. The predicted molar refractivity (Wildman–Crippen MR) is 129 cm³/mol. The normalized spacial score (nSPS) is 10.8. The van der Waals surface area contributed by atoms with Crippen molar-refractivity contribution in [3.8, 4) is 11.1 Å². The van der Waals surface area contributed by atoms with Crippen molar-refractivity contribution in [1.29, 1.82) is 0 Å². The lowest BCUT2D eigenvalue weighted by atomic mass is 9.90. The lowest BCUT2D eigenvalue weighted by Crippen LogP contribution is -1.86. The minimum atomic E-state index is 1.27. The summed E-state index contributed by atoms with van der Waals surface area (Å²) in [6.07, 6.45) is 0. The van der Waals surface area contributed by atoms with Crippen molar-refractivity contribution in [2.45, 2.75) is 0 Å². The maximum absolute atomic E-state index is 2.33. The van der Waals surface area contributed by atoms with Gasteiger partial charge >= 0.3 is 0 Å². The molecule has 1 heterocycles. The number of benzene rings is 5. The minimum Gasteiger partial charge on any atom is -0.152 e. The zero-order chi connectivity index (χ0) is 19.5. The van der Waals surface area contributed by atoms with E-state index in [1.165, 1.54) is 43.4 Å². The van der Waals surface area contributed by atoms with Gasteiger partial charge in [0.1, 0.15) is 0 Å². The molecule has 1 aromatic heterocycles. The molecule has 5 aromatic carbocycles. The van der Waals surface area contributed by atoms with E-state index in [-0.39, 0.29) is 0 Å². The SMILES string of the molecule is c1ccc(-c2c3ccccc3cc3cc4ccccc4cc23)cc1.c1ccsc1. The second kappa shape index (κ2) is 7.90. The summed E-state index contributed by atoms with van der Waals surface area (Å²) in [5.74, 6) is 0. The van der Waals surface area contributed by atoms with Crippen LogP contribution in [0, 0.1) is 0 Å². The van der Waals surface area contributed by atoms with Gasteiger partial charge in [0.15, 0.2) is 0 Å².